The van der Waals surface area contributed by atoms with Crippen LogP contribution in [0.15, 0.2) is 115 Å². The fraction of sp³-hybridized carbons (Fsp3) is 0.220. The molecule has 0 amide bonds. The molecule has 0 aliphatic carbocycles. The van der Waals surface area contributed by atoms with E-state index in [0.717, 1.165) is 40.7 Å². The average Bonchev–Trinajstić information content (AvgIpc) is 3.11. The summed E-state index contributed by atoms with van der Waals surface area (Å²) in [4.78, 5) is 23.8. The number of aliphatic hydroxyl groups excluding tert-OH is 2. The predicted octanol–water partition coefficient (Wildman–Crippen LogP) is 8.61. The minimum atomic E-state index is -0.647. The average molecular weight is 631 g/mol. The van der Waals surface area contributed by atoms with Crippen molar-refractivity contribution in [1.29, 1.82) is 0 Å². The molecular formula is C41H42O6. The van der Waals surface area contributed by atoms with E-state index >= 15 is 0 Å². The van der Waals surface area contributed by atoms with E-state index in [2.05, 4.69) is 74.7 Å². The summed E-state index contributed by atoms with van der Waals surface area (Å²) >= 11 is 0. The Morgan fingerprint density at radius 3 is 1.60 bits per heavy atom. The number of hydrogen-bond donors (Lipinski definition) is 2. The van der Waals surface area contributed by atoms with Crippen LogP contribution in [0.1, 0.15) is 55.7 Å². The number of hydrogen-bond acceptors (Lipinski definition) is 6. The third-order valence-electron chi connectivity index (χ3n) is 7.81. The normalized spacial score (nSPS) is 11.0. The van der Waals surface area contributed by atoms with Crippen LogP contribution < -0.4 is 9.47 Å². The molecule has 0 bridgehead atoms. The molecule has 0 atom stereocenters. The van der Waals surface area contributed by atoms with Gasteiger partial charge in [-0.3, -0.25) is 0 Å². The first-order valence-corrected chi connectivity index (χ1v) is 15.9. The highest BCUT2D eigenvalue weighted by Gasteiger charge is 2.11. The van der Waals surface area contributed by atoms with Crippen molar-refractivity contribution in [3.63, 3.8) is 0 Å². The lowest BCUT2D eigenvalue weighted by Crippen LogP contribution is -2.12. The van der Waals surface area contributed by atoms with Crippen LogP contribution in [-0.4, -0.2) is 35.4 Å². The molecule has 4 aromatic carbocycles. The molecule has 0 aromatic heterocycles. The van der Waals surface area contributed by atoms with E-state index < -0.39 is 25.2 Å². The Bertz CT molecular complexity index is 1700. The first kappa shape index (κ1) is 34.8. The Labute approximate surface area is 277 Å². The van der Waals surface area contributed by atoms with Crippen molar-refractivity contribution in [2.45, 2.75) is 45.4 Å². The zero-order valence-corrected chi connectivity index (χ0v) is 26.9. The summed E-state index contributed by atoms with van der Waals surface area (Å²) in [7, 11) is 0. The summed E-state index contributed by atoms with van der Waals surface area (Å²) in [6, 6.07) is 29.4. The van der Waals surface area contributed by atoms with Crippen LogP contribution in [0.3, 0.4) is 0 Å². The molecule has 0 heterocycles. The van der Waals surface area contributed by atoms with Gasteiger partial charge in [0.05, 0.1) is 24.4 Å². The Kier molecular flexibility index (Phi) is 13.0. The second kappa shape index (κ2) is 17.6. The highest BCUT2D eigenvalue weighted by molar-refractivity contribution is 5.90. The van der Waals surface area contributed by atoms with Crippen LogP contribution in [-0.2, 0) is 16.0 Å². The molecule has 242 valence electrons. The fourth-order valence-electron chi connectivity index (χ4n) is 4.97. The molecule has 0 radical (unpaired) electrons. The zero-order chi connectivity index (χ0) is 33.6. The quantitative estimate of drug-likeness (QED) is 0.0423. The largest absolute Gasteiger partial charge is 0.423 e. The molecule has 4 aromatic rings. The number of carbonyl (C=O) groups is 2. The Hall–Kier alpha value is -5.04. The van der Waals surface area contributed by atoms with Crippen LogP contribution in [0.25, 0.3) is 34.4 Å². The van der Waals surface area contributed by atoms with Gasteiger partial charge in [-0.05, 0) is 76.1 Å². The van der Waals surface area contributed by atoms with Gasteiger partial charge in [-0.1, -0.05) is 125 Å². The van der Waals surface area contributed by atoms with Crippen LogP contribution in [0.5, 0.6) is 11.5 Å². The van der Waals surface area contributed by atoms with Crippen LogP contribution >= 0.6 is 0 Å². The van der Waals surface area contributed by atoms with E-state index in [1.807, 2.05) is 24.3 Å². The molecule has 6 heteroatoms. The maximum atomic E-state index is 11.9. The summed E-state index contributed by atoms with van der Waals surface area (Å²) in [5, 5.41) is 18.2. The molecule has 2 N–H and O–H groups in total. The number of aliphatic hydroxyl groups is 2. The summed E-state index contributed by atoms with van der Waals surface area (Å²) < 4.78 is 10.5. The number of ether oxygens (including phenoxy) is 2. The summed E-state index contributed by atoms with van der Waals surface area (Å²) in [6.07, 6.45) is 11.3. The van der Waals surface area contributed by atoms with Crippen molar-refractivity contribution in [1.82, 2.24) is 0 Å². The number of esters is 2. The standard InChI is InChI=1S/C41H42O6/c1-4-5-6-7-8-9-36-26-37(35-20-24-39(25-21-35)47-41(45)30(3)28-43)17-16-34(36)15-12-31-10-13-32(14-11-31)33-18-22-38(23-19-33)46-40(44)29(2)27-42/h10-26,42-43H,2-9,27-28H2,1H3/b15-12+. The van der Waals surface area contributed by atoms with Gasteiger partial charge >= 0.3 is 11.9 Å². The molecule has 47 heavy (non-hydrogen) atoms. The van der Waals surface area contributed by atoms with Crippen molar-refractivity contribution in [3.05, 3.63) is 132 Å². The molecule has 0 saturated heterocycles. The van der Waals surface area contributed by atoms with Gasteiger partial charge in [-0.2, -0.15) is 0 Å². The van der Waals surface area contributed by atoms with Gasteiger partial charge in [0.25, 0.3) is 0 Å². The van der Waals surface area contributed by atoms with E-state index in [-0.39, 0.29) is 11.1 Å². The number of aryl methyl sites for hydroxylation is 1. The fourth-order valence-corrected chi connectivity index (χ4v) is 4.97. The molecular weight excluding hydrogens is 588 g/mol. The topological polar surface area (TPSA) is 93.1 Å². The van der Waals surface area contributed by atoms with Gasteiger partial charge in [0.1, 0.15) is 11.5 Å². The van der Waals surface area contributed by atoms with Crippen molar-refractivity contribution in [3.8, 4) is 33.8 Å². The van der Waals surface area contributed by atoms with Gasteiger partial charge in [-0.25, -0.2) is 9.59 Å². The van der Waals surface area contributed by atoms with Crippen LogP contribution in [0.4, 0.5) is 0 Å². The first-order valence-electron chi connectivity index (χ1n) is 15.9. The Morgan fingerprint density at radius 2 is 1.09 bits per heavy atom. The van der Waals surface area contributed by atoms with E-state index in [1.165, 1.54) is 36.8 Å². The van der Waals surface area contributed by atoms with Gasteiger partial charge in [0, 0.05) is 0 Å². The Morgan fingerprint density at radius 1 is 0.617 bits per heavy atom. The summed E-state index contributed by atoms with van der Waals surface area (Å²) in [6.45, 7) is 8.34. The number of unbranched alkanes of at least 4 members (excludes halogenated alkanes) is 4. The molecule has 0 aliphatic heterocycles. The molecule has 4 rings (SSSR count). The molecule has 0 fully saturated rings. The monoisotopic (exact) mass is 630 g/mol. The number of carbonyl (C=O) groups excluding carboxylic acids is 2. The van der Waals surface area contributed by atoms with Gasteiger partial charge in [0.15, 0.2) is 0 Å². The molecule has 0 spiro atoms. The van der Waals surface area contributed by atoms with Crippen molar-refractivity contribution >= 4 is 24.1 Å². The summed E-state index contributed by atoms with van der Waals surface area (Å²) in [5.74, 6) is -0.495. The molecule has 6 nitrogen and oxygen atoms in total. The predicted molar refractivity (Wildman–Crippen MR) is 189 cm³/mol. The smallest absolute Gasteiger partial charge is 0.341 e. The molecule has 0 saturated carbocycles. The van der Waals surface area contributed by atoms with Gasteiger partial charge < -0.3 is 19.7 Å². The van der Waals surface area contributed by atoms with E-state index in [1.54, 1.807) is 24.3 Å². The van der Waals surface area contributed by atoms with Crippen molar-refractivity contribution in [2.24, 2.45) is 0 Å². The lowest BCUT2D eigenvalue weighted by molar-refractivity contribution is -0.131. The second-order valence-electron chi connectivity index (χ2n) is 11.4. The number of rotatable bonds is 16. The lowest BCUT2D eigenvalue weighted by Gasteiger charge is -2.11. The van der Waals surface area contributed by atoms with E-state index in [4.69, 9.17) is 19.7 Å². The SMILES string of the molecule is C=C(CO)C(=O)Oc1ccc(-c2ccc(/C=C/c3ccc(-c4ccc(OC(=O)C(=C)CO)cc4)cc3CCCCCCC)cc2)cc1. The first-order chi connectivity index (χ1) is 22.8. The Balaban J connectivity index is 1.48. The molecule has 0 aliphatic rings. The number of benzene rings is 4. The van der Waals surface area contributed by atoms with Gasteiger partial charge in [-0.15, -0.1) is 0 Å². The minimum Gasteiger partial charge on any atom is -0.423 e. The van der Waals surface area contributed by atoms with Crippen LogP contribution in [0, 0.1) is 0 Å². The van der Waals surface area contributed by atoms with E-state index in [9.17, 15) is 9.59 Å². The second-order valence-corrected chi connectivity index (χ2v) is 11.4. The minimum absolute atomic E-state index is 0.00624. The zero-order valence-electron chi connectivity index (χ0n) is 26.9. The third-order valence-corrected chi connectivity index (χ3v) is 7.81. The van der Waals surface area contributed by atoms with E-state index in [0.29, 0.717) is 11.5 Å². The van der Waals surface area contributed by atoms with Crippen LogP contribution in [0.2, 0.25) is 0 Å². The van der Waals surface area contributed by atoms with Crippen molar-refractivity contribution in [2.75, 3.05) is 13.2 Å². The maximum Gasteiger partial charge on any atom is 0.341 e. The lowest BCUT2D eigenvalue weighted by atomic mass is 9.94. The van der Waals surface area contributed by atoms with Gasteiger partial charge in [0.2, 0.25) is 0 Å². The third kappa shape index (κ3) is 10.2. The molecule has 0 unspecified atom stereocenters. The highest BCUT2D eigenvalue weighted by atomic mass is 16.5. The summed E-state index contributed by atoms with van der Waals surface area (Å²) in [5.41, 5.74) is 7.69. The highest BCUT2D eigenvalue weighted by Crippen LogP contribution is 2.28. The maximum absolute atomic E-state index is 11.9. The van der Waals surface area contributed by atoms with Crippen molar-refractivity contribution < 1.29 is 29.3 Å².